The van der Waals surface area contributed by atoms with Crippen LogP contribution in [0.1, 0.15) is 11.1 Å². The lowest BCUT2D eigenvalue weighted by Gasteiger charge is -1.90. The third-order valence-electron chi connectivity index (χ3n) is 1.77. The summed E-state index contributed by atoms with van der Waals surface area (Å²) in [4.78, 5) is 3.78. The first kappa shape index (κ1) is 14.7. The molecule has 84 valence electrons. The zero-order valence-electron chi connectivity index (χ0n) is 9.08. The molecule has 0 aliphatic heterocycles. The molecule has 0 fully saturated rings. The number of hydrogen-bond donors (Lipinski definition) is 0. The van der Waals surface area contributed by atoms with Crippen LogP contribution in [0.2, 0.25) is 0 Å². The lowest BCUT2D eigenvalue weighted by Crippen LogP contribution is -1.79. The van der Waals surface area contributed by atoms with Gasteiger partial charge in [0.15, 0.2) is 0 Å². The summed E-state index contributed by atoms with van der Waals surface area (Å²) in [6, 6.07) is 14.8. The minimum atomic E-state index is 0. The maximum absolute atomic E-state index is 8.50. The Morgan fingerprint density at radius 3 is 1.82 bits per heavy atom. The lowest BCUT2D eigenvalue weighted by molar-refractivity contribution is 1.33. The second kappa shape index (κ2) is 8.97. The minimum Gasteiger partial charge on any atom is -0.265 e. The normalized spacial score (nSPS) is 7.41. The van der Waals surface area contributed by atoms with Crippen molar-refractivity contribution in [3.63, 3.8) is 0 Å². The molecule has 2 nitrogen and oxygen atoms in total. The zero-order valence-corrected chi connectivity index (χ0v) is 9.89. The topological polar surface area (TPSA) is 36.7 Å². The molecule has 0 amide bonds. The molecule has 0 unspecified atom stereocenters. The summed E-state index contributed by atoms with van der Waals surface area (Å²) in [5.74, 6) is 2.42. The average Bonchev–Trinajstić information content (AvgIpc) is 2.41. The number of terminal acetylenes is 1. The van der Waals surface area contributed by atoms with E-state index in [1.54, 1.807) is 30.6 Å². The maximum atomic E-state index is 8.50. The number of nitrogens with zero attached hydrogens (tertiary/aromatic N) is 2. The molecule has 17 heavy (non-hydrogen) atoms. The monoisotopic (exact) mass is 242 g/mol. The lowest BCUT2D eigenvalue weighted by atomic mass is 10.1. The second-order valence-electron chi connectivity index (χ2n) is 2.83. The van der Waals surface area contributed by atoms with Crippen molar-refractivity contribution in [1.29, 1.82) is 5.26 Å². The Morgan fingerprint density at radius 1 is 0.941 bits per heavy atom. The van der Waals surface area contributed by atoms with Gasteiger partial charge in [-0.2, -0.15) is 5.26 Å². The van der Waals surface area contributed by atoms with Crippen molar-refractivity contribution < 1.29 is 0 Å². The van der Waals surface area contributed by atoms with Crippen LogP contribution in [-0.2, 0) is 0 Å². The number of benzene rings is 1. The van der Waals surface area contributed by atoms with Crippen molar-refractivity contribution in [2.45, 2.75) is 0 Å². The summed E-state index contributed by atoms with van der Waals surface area (Å²) in [6.07, 6.45) is 8.63. The van der Waals surface area contributed by atoms with Crippen molar-refractivity contribution in [2.24, 2.45) is 0 Å². The molecular weight excluding hydrogens is 232 g/mol. The van der Waals surface area contributed by atoms with Crippen LogP contribution >= 0.6 is 12.4 Å². The molecule has 0 radical (unpaired) electrons. The van der Waals surface area contributed by atoms with E-state index in [-0.39, 0.29) is 12.4 Å². The predicted molar refractivity (Wildman–Crippen MR) is 70.6 cm³/mol. The van der Waals surface area contributed by atoms with E-state index in [2.05, 4.69) is 10.9 Å². The number of halogens is 1. The second-order valence-corrected chi connectivity index (χ2v) is 2.83. The average molecular weight is 243 g/mol. The first-order valence-electron chi connectivity index (χ1n) is 4.69. The van der Waals surface area contributed by atoms with Crippen LogP contribution in [0.25, 0.3) is 0 Å². The Morgan fingerprint density at radius 2 is 1.53 bits per heavy atom. The molecule has 0 saturated carbocycles. The quantitative estimate of drug-likeness (QED) is 0.666. The molecular formula is C14H11ClN2. The van der Waals surface area contributed by atoms with Crippen LogP contribution in [0.4, 0.5) is 0 Å². The van der Waals surface area contributed by atoms with Gasteiger partial charge in [-0.25, -0.2) is 0 Å². The van der Waals surface area contributed by atoms with E-state index in [1.807, 2.05) is 30.3 Å². The molecule has 0 bridgehead atoms. The van der Waals surface area contributed by atoms with Gasteiger partial charge in [0.1, 0.15) is 6.07 Å². The van der Waals surface area contributed by atoms with Crippen molar-refractivity contribution in [3.8, 4) is 18.4 Å². The van der Waals surface area contributed by atoms with Crippen LogP contribution in [0.5, 0.6) is 0 Å². The molecule has 2 aromatic rings. The van der Waals surface area contributed by atoms with Gasteiger partial charge in [-0.3, -0.25) is 4.98 Å². The number of aromatic nitrogens is 1. The molecule has 0 atom stereocenters. The predicted octanol–water partition coefficient (Wildman–Crippen LogP) is 3.04. The summed E-state index contributed by atoms with van der Waals surface area (Å²) < 4.78 is 0. The fourth-order valence-corrected chi connectivity index (χ4v) is 1.02. The Labute approximate surface area is 107 Å². The molecule has 0 aliphatic carbocycles. The van der Waals surface area contributed by atoms with E-state index in [0.29, 0.717) is 11.1 Å². The maximum Gasteiger partial charge on any atom is 0.100 e. The van der Waals surface area contributed by atoms with E-state index >= 15 is 0 Å². The van der Waals surface area contributed by atoms with Gasteiger partial charge in [0.25, 0.3) is 0 Å². The molecule has 0 spiro atoms. The summed E-state index contributed by atoms with van der Waals surface area (Å²) in [5.41, 5.74) is 1.22. The van der Waals surface area contributed by atoms with Gasteiger partial charge in [-0.15, -0.1) is 18.8 Å². The van der Waals surface area contributed by atoms with Crippen LogP contribution < -0.4 is 0 Å². The summed E-state index contributed by atoms with van der Waals surface area (Å²) >= 11 is 0. The van der Waals surface area contributed by atoms with Crippen LogP contribution in [0, 0.1) is 23.7 Å². The molecule has 0 aliphatic rings. The summed E-state index contributed by atoms with van der Waals surface area (Å²) in [7, 11) is 0. The van der Waals surface area contributed by atoms with Crippen molar-refractivity contribution >= 4 is 12.4 Å². The summed E-state index contributed by atoms with van der Waals surface area (Å²) in [6.45, 7) is 0. The van der Waals surface area contributed by atoms with Gasteiger partial charge in [0, 0.05) is 18.0 Å². The number of pyridine rings is 1. The third kappa shape index (κ3) is 5.37. The number of nitriles is 1. The highest BCUT2D eigenvalue weighted by atomic mass is 35.5. The first-order valence-corrected chi connectivity index (χ1v) is 4.69. The highest BCUT2D eigenvalue weighted by molar-refractivity contribution is 5.85. The minimum absolute atomic E-state index is 0. The Balaban J connectivity index is 0.000000316. The standard InChI is InChI=1S/C9H5N.C5H5N.ClH/c1-2-8-5-3-4-6-9(8)7-10;1-2-4-6-5-3-1;/h1,3-6H;1-5H;1H. The summed E-state index contributed by atoms with van der Waals surface area (Å²) in [5, 5.41) is 8.50. The molecule has 2 rings (SSSR count). The zero-order chi connectivity index (χ0) is 11.6. The fraction of sp³-hybridized carbons (Fsp3) is 0. The van der Waals surface area contributed by atoms with Gasteiger partial charge in [0.2, 0.25) is 0 Å². The van der Waals surface area contributed by atoms with E-state index < -0.39 is 0 Å². The first-order chi connectivity index (χ1) is 7.88. The molecule has 1 aromatic heterocycles. The van der Waals surface area contributed by atoms with Crippen LogP contribution in [0.3, 0.4) is 0 Å². The third-order valence-corrected chi connectivity index (χ3v) is 1.77. The van der Waals surface area contributed by atoms with Gasteiger partial charge in [0.05, 0.1) is 5.56 Å². The molecule has 3 heteroatoms. The van der Waals surface area contributed by atoms with E-state index in [9.17, 15) is 0 Å². The van der Waals surface area contributed by atoms with Crippen molar-refractivity contribution in [2.75, 3.05) is 0 Å². The molecule has 1 heterocycles. The highest BCUT2D eigenvalue weighted by Gasteiger charge is 1.93. The molecule has 0 saturated heterocycles. The Bertz CT molecular complexity index is 450. The van der Waals surface area contributed by atoms with E-state index in [0.717, 1.165) is 0 Å². The largest absolute Gasteiger partial charge is 0.265 e. The number of hydrogen-bond acceptors (Lipinski definition) is 2. The van der Waals surface area contributed by atoms with Gasteiger partial charge < -0.3 is 0 Å². The number of rotatable bonds is 0. The van der Waals surface area contributed by atoms with Crippen molar-refractivity contribution in [1.82, 2.24) is 4.98 Å². The smallest absolute Gasteiger partial charge is 0.100 e. The highest BCUT2D eigenvalue weighted by Crippen LogP contribution is 2.03. The Kier molecular flexibility index (Phi) is 7.76. The molecule has 0 N–H and O–H groups in total. The Hall–Kier alpha value is -2.29. The van der Waals surface area contributed by atoms with Gasteiger partial charge in [-0.05, 0) is 24.3 Å². The van der Waals surface area contributed by atoms with Crippen LogP contribution in [-0.4, -0.2) is 4.98 Å². The van der Waals surface area contributed by atoms with Crippen molar-refractivity contribution in [3.05, 3.63) is 66.0 Å². The fourth-order valence-electron chi connectivity index (χ4n) is 1.02. The van der Waals surface area contributed by atoms with Gasteiger partial charge >= 0.3 is 0 Å². The van der Waals surface area contributed by atoms with E-state index in [4.69, 9.17) is 11.7 Å². The van der Waals surface area contributed by atoms with Gasteiger partial charge in [-0.1, -0.05) is 24.1 Å². The van der Waals surface area contributed by atoms with E-state index in [1.165, 1.54) is 0 Å². The molecule has 1 aromatic carbocycles. The SMILES string of the molecule is C#Cc1ccccc1C#N.Cl.c1ccncc1. The van der Waals surface area contributed by atoms with Crippen LogP contribution in [0.15, 0.2) is 54.9 Å².